The minimum atomic E-state index is -3.93. The van der Waals surface area contributed by atoms with Gasteiger partial charge in [0.05, 0.1) is 24.2 Å². The summed E-state index contributed by atoms with van der Waals surface area (Å²) in [7, 11) is -2.50. The molecule has 31 heavy (non-hydrogen) atoms. The van der Waals surface area contributed by atoms with E-state index in [1.54, 1.807) is 36.4 Å². The molecule has 2 aromatic carbocycles. The van der Waals surface area contributed by atoms with E-state index in [1.165, 1.54) is 26.4 Å². The van der Waals surface area contributed by atoms with Crippen LogP contribution < -0.4 is 15.4 Å². The fraction of sp³-hybridized carbons (Fsp3) is 0.435. The van der Waals surface area contributed by atoms with Crippen LogP contribution in [0.15, 0.2) is 46.2 Å². The molecule has 2 aromatic rings. The number of hydrogen-bond acceptors (Lipinski definition) is 5. The molecule has 0 aliphatic heterocycles. The summed E-state index contributed by atoms with van der Waals surface area (Å²) in [6.45, 7) is 1.85. The smallest absolute Gasteiger partial charge is 0.239 e. The molecular formula is C23H27ClN2O4S. The van der Waals surface area contributed by atoms with E-state index >= 15 is 0 Å². The van der Waals surface area contributed by atoms with E-state index in [4.69, 9.17) is 16.3 Å². The average molecular weight is 463 g/mol. The van der Waals surface area contributed by atoms with Crippen molar-refractivity contribution in [1.29, 1.82) is 0 Å². The molecule has 2 bridgehead atoms. The van der Waals surface area contributed by atoms with Crippen LogP contribution in [-0.2, 0) is 14.6 Å². The summed E-state index contributed by atoms with van der Waals surface area (Å²) in [5.74, 6) is 1.41. The zero-order valence-corrected chi connectivity index (χ0v) is 19.2. The van der Waals surface area contributed by atoms with Crippen LogP contribution in [0.4, 0.5) is 5.69 Å². The number of sulfone groups is 1. The molecule has 1 amide bonds. The predicted octanol–water partition coefficient (Wildman–Crippen LogP) is 4.21. The third kappa shape index (κ3) is 4.39. The monoisotopic (exact) mass is 462 g/mol. The Hall–Kier alpha value is -2.25. The summed E-state index contributed by atoms with van der Waals surface area (Å²) < 4.78 is 32.0. The number of carbonyl (C=O) groups is 1. The first-order valence-electron chi connectivity index (χ1n) is 10.5. The van der Waals surface area contributed by atoms with Gasteiger partial charge in [-0.15, -0.1) is 0 Å². The molecule has 2 aliphatic rings. The SMILES string of the molecule is COc1ccc(NCC(=O)NC2CC3CCC2C3)c(S(=O)(=O)c2ccc(C)cc2)c1Cl. The number of rotatable bonds is 7. The van der Waals surface area contributed by atoms with Crippen molar-refractivity contribution in [2.24, 2.45) is 11.8 Å². The minimum absolute atomic E-state index is 0.0124. The van der Waals surface area contributed by atoms with Gasteiger partial charge in [-0.25, -0.2) is 8.42 Å². The van der Waals surface area contributed by atoms with Crippen LogP contribution in [-0.4, -0.2) is 34.0 Å². The van der Waals surface area contributed by atoms with Crippen LogP contribution in [0.3, 0.4) is 0 Å². The molecule has 0 heterocycles. The van der Waals surface area contributed by atoms with Crippen LogP contribution in [0, 0.1) is 18.8 Å². The van der Waals surface area contributed by atoms with Crippen molar-refractivity contribution in [1.82, 2.24) is 5.32 Å². The number of ether oxygens (including phenoxy) is 1. The highest BCUT2D eigenvalue weighted by Crippen LogP contribution is 2.44. The Morgan fingerprint density at radius 1 is 1.13 bits per heavy atom. The predicted molar refractivity (Wildman–Crippen MR) is 121 cm³/mol. The third-order valence-electron chi connectivity index (χ3n) is 6.41. The molecule has 8 heteroatoms. The average Bonchev–Trinajstić information content (AvgIpc) is 3.35. The lowest BCUT2D eigenvalue weighted by molar-refractivity contribution is -0.120. The van der Waals surface area contributed by atoms with E-state index in [9.17, 15) is 13.2 Å². The minimum Gasteiger partial charge on any atom is -0.495 e. The van der Waals surface area contributed by atoms with E-state index in [0.717, 1.165) is 17.9 Å². The Kier molecular flexibility index (Phi) is 6.17. The molecule has 6 nitrogen and oxygen atoms in total. The number of fused-ring (bicyclic) bond motifs is 2. The van der Waals surface area contributed by atoms with Gasteiger partial charge in [-0.3, -0.25) is 4.79 Å². The molecule has 0 spiro atoms. The van der Waals surface area contributed by atoms with Gasteiger partial charge in [-0.05, 0) is 62.3 Å². The van der Waals surface area contributed by atoms with Crippen LogP contribution in [0.5, 0.6) is 5.75 Å². The normalized spacial score (nSPS) is 22.4. The second-order valence-corrected chi connectivity index (χ2v) is 10.7. The second-order valence-electron chi connectivity index (χ2n) is 8.48. The number of benzene rings is 2. The number of amides is 1. The summed E-state index contributed by atoms with van der Waals surface area (Å²) in [6, 6.07) is 9.96. The van der Waals surface area contributed by atoms with Crippen LogP contribution >= 0.6 is 11.6 Å². The summed E-state index contributed by atoms with van der Waals surface area (Å²) >= 11 is 6.43. The van der Waals surface area contributed by atoms with Gasteiger partial charge in [-0.2, -0.15) is 0 Å². The van der Waals surface area contributed by atoms with Crippen molar-refractivity contribution in [2.45, 2.75) is 48.4 Å². The van der Waals surface area contributed by atoms with Gasteiger partial charge in [0.25, 0.3) is 0 Å². The number of aryl methyl sites for hydroxylation is 1. The van der Waals surface area contributed by atoms with Crippen molar-refractivity contribution in [2.75, 3.05) is 19.0 Å². The van der Waals surface area contributed by atoms with Crippen LogP contribution in [0.2, 0.25) is 5.02 Å². The quantitative estimate of drug-likeness (QED) is 0.644. The highest BCUT2D eigenvalue weighted by Gasteiger charge is 2.40. The van der Waals surface area contributed by atoms with Crippen molar-refractivity contribution in [3.05, 3.63) is 47.0 Å². The fourth-order valence-electron chi connectivity index (χ4n) is 4.79. The lowest BCUT2D eigenvalue weighted by atomic mass is 9.95. The van der Waals surface area contributed by atoms with Gasteiger partial charge < -0.3 is 15.4 Å². The lowest BCUT2D eigenvalue weighted by Crippen LogP contribution is -2.41. The van der Waals surface area contributed by atoms with Crippen molar-refractivity contribution < 1.29 is 17.9 Å². The summed E-state index contributed by atoms with van der Waals surface area (Å²) in [5.41, 5.74) is 1.22. The second kappa shape index (κ2) is 8.71. The molecule has 0 radical (unpaired) electrons. The van der Waals surface area contributed by atoms with Gasteiger partial charge in [0.1, 0.15) is 15.7 Å². The van der Waals surface area contributed by atoms with E-state index in [2.05, 4.69) is 10.6 Å². The first-order valence-corrected chi connectivity index (χ1v) is 12.4. The number of nitrogens with one attached hydrogen (secondary N) is 2. The van der Waals surface area contributed by atoms with E-state index in [0.29, 0.717) is 5.92 Å². The standard InChI is InChI=1S/C23H27ClN2O4S/c1-14-3-7-17(8-4-14)31(28,29)23-18(9-10-20(30-2)22(23)24)25-13-21(27)26-19-12-15-5-6-16(19)11-15/h3-4,7-10,15-16,19,25H,5-6,11-13H2,1-2H3,(H,26,27). The molecule has 0 aromatic heterocycles. The van der Waals surface area contributed by atoms with Gasteiger partial charge in [-0.1, -0.05) is 35.7 Å². The number of methoxy groups -OCH3 is 1. The van der Waals surface area contributed by atoms with Gasteiger partial charge in [0.2, 0.25) is 15.7 Å². The van der Waals surface area contributed by atoms with Crippen molar-refractivity contribution in [3.8, 4) is 5.75 Å². The van der Waals surface area contributed by atoms with Gasteiger partial charge >= 0.3 is 0 Å². The zero-order valence-electron chi connectivity index (χ0n) is 17.7. The van der Waals surface area contributed by atoms with E-state index < -0.39 is 9.84 Å². The number of anilines is 1. The lowest BCUT2D eigenvalue weighted by Gasteiger charge is -2.23. The van der Waals surface area contributed by atoms with Crippen LogP contribution in [0.1, 0.15) is 31.2 Å². The largest absolute Gasteiger partial charge is 0.495 e. The summed E-state index contributed by atoms with van der Waals surface area (Å²) in [5, 5.41) is 6.07. The molecule has 3 atom stereocenters. The Bertz CT molecular complexity index is 1090. The van der Waals surface area contributed by atoms with Gasteiger partial charge in [0.15, 0.2) is 0 Å². The molecule has 0 saturated heterocycles. The first kappa shape index (κ1) is 22.0. The number of carbonyl (C=O) groups excluding carboxylic acids is 1. The summed E-state index contributed by atoms with van der Waals surface area (Å²) in [4.78, 5) is 12.6. The van der Waals surface area contributed by atoms with E-state index in [-0.39, 0.29) is 44.7 Å². The third-order valence-corrected chi connectivity index (χ3v) is 8.75. The fourth-order valence-corrected chi connectivity index (χ4v) is 6.83. The molecule has 2 N–H and O–H groups in total. The van der Waals surface area contributed by atoms with Crippen LogP contribution in [0.25, 0.3) is 0 Å². The van der Waals surface area contributed by atoms with Crippen molar-refractivity contribution in [3.63, 3.8) is 0 Å². The Morgan fingerprint density at radius 2 is 1.87 bits per heavy atom. The van der Waals surface area contributed by atoms with Gasteiger partial charge in [0, 0.05) is 6.04 Å². The Balaban J connectivity index is 1.57. The number of hydrogen-bond donors (Lipinski definition) is 2. The Morgan fingerprint density at radius 3 is 2.48 bits per heavy atom. The topological polar surface area (TPSA) is 84.5 Å². The molecule has 4 rings (SSSR count). The van der Waals surface area contributed by atoms with E-state index in [1.807, 2.05) is 6.92 Å². The molecule has 3 unspecified atom stereocenters. The maximum absolute atomic E-state index is 13.4. The Labute approximate surface area is 188 Å². The maximum atomic E-state index is 13.4. The highest BCUT2D eigenvalue weighted by molar-refractivity contribution is 7.91. The molecular weight excluding hydrogens is 436 g/mol. The first-order chi connectivity index (χ1) is 14.8. The highest BCUT2D eigenvalue weighted by atomic mass is 35.5. The zero-order chi connectivity index (χ0) is 22.2. The molecule has 2 saturated carbocycles. The molecule has 166 valence electrons. The molecule has 2 fully saturated rings. The number of halogens is 1. The summed E-state index contributed by atoms with van der Waals surface area (Å²) in [6.07, 6.45) is 4.68. The maximum Gasteiger partial charge on any atom is 0.239 e. The molecule has 2 aliphatic carbocycles. The van der Waals surface area contributed by atoms with Crippen molar-refractivity contribution >= 4 is 33.0 Å².